The number of anilines is 1. The summed E-state index contributed by atoms with van der Waals surface area (Å²) in [5.74, 6) is 0.0584. The largest absolute Gasteiger partial charge is 0.382 e. The van der Waals surface area contributed by atoms with Crippen molar-refractivity contribution in [2.45, 2.75) is 25.3 Å². The van der Waals surface area contributed by atoms with Gasteiger partial charge in [-0.25, -0.2) is 0 Å². The van der Waals surface area contributed by atoms with Gasteiger partial charge in [-0.05, 0) is 37.9 Å². The third-order valence-corrected chi connectivity index (χ3v) is 4.19. The third-order valence-electron chi connectivity index (χ3n) is 4.19. The summed E-state index contributed by atoms with van der Waals surface area (Å²) < 4.78 is 0. The van der Waals surface area contributed by atoms with E-state index in [9.17, 15) is 0 Å². The second kappa shape index (κ2) is 5.17. The third kappa shape index (κ3) is 2.42. The second-order valence-corrected chi connectivity index (χ2v) is 5.42. The molecule has 0 aliphatic carbocycles. The summed E-state index contributed by atoms with van der Waals surface area (Å²) in [5, 5.41) is 7.67. The number of fused-ring (bicyclic) bond motifs is 1. The Kier molecular flexibility index (Phi) is 3.38. The molecule has 5 heteroatoms. The molecule has 1 aromatic heterocycles. The Morgan fingerprint density at radius 2 is 2.16 bits per heavy atom. The van der Waals surface area contributed by atoms with Crippen LogP contribution < -0.4 is 10.6 Å². The van der Waals surface area contributed by atoms with Crippen LogP contribution in [0.15, 0.2) is 18.3 Å². The summed E-state index contributed by atoms with van der Waals surface area (Å²) in [4.78, 5) is 9.23. The molecule has 0 saturated carbocycles. The molecule has 3 heterocycles. The highest BCUT2D eigenvalue weighted by Crippen LogP contribution is 2.26. The molecule has 5 nitrogen and oxygen atoms in total. The number of hydrogen-bond acceptors (Lipinski definition) is 4. The maximum absolute atomic E-state index is 7.67. The van der Waals surface area contributed by atoms with Crippen LogP contribution in [-0.2, 0) is 0 Å². The molecule has 2 aliphatic heterocycles. The molecule has 0 bridgehead atoms. The van der Waals surface area contributed by atoms with E-state index in [-0.39, 0.29) is 5.84 Å². The maximum Gasteiger partial charge on any atom is 0.143 e. The highest BCUT2D eigenvalue weighted by atomic mass is 15.3. The summed E-state index contributed by atoms with van der Waals surface area (Å²) in [6, 6.07) is 4.62. The predicted molar refractivity (Wildman–Crippen MR) is 76.7 cm³/mol. The van der Waals surface area contributed by atoms with Crippen molar-refractivity contribution in [2.24, 2.45) is 5.73 Å². The van der Waals surface area contributed by atoms with E-state index in [1.807, 2.05) is 12.1 Å². The van der Waals surface area contributed by atoms with Gasteiger partial charge in [-0.15, -0.1) is 0 Å². The average Bonchev–Trinajstić information content (AvgIpc) is 2.76. The van der Waals surface area contributed by atoms with Crippen molar-refractivity contribution in [3.8, 4) is 0 Å². The van der Waals surface area contributed by atoms with Gasteiger partial charge in [-0.2, -0.15) is 0 Å². The Morgan fingerprint density at radius 1 is 1.32 bits per heavy atom. The quantitative estimate of drug-likeness (QED) is 0.615. The van der Waals surface area contributed by atoms with Gasteiger partial charge in [0.2, 0.25) is 0 Å². The van der Waals surface area contributed by atoms with E-state index in [4.69, 9.17) is 11.1 Å². The first-order valence-electron chi connectivity index (χ1n) is 7.04. The summed E-state index contributed by atoms with van der Waals surface area (Å²) in [7, 11) is 0. The molecular formula is C14H21N5. The Morgan fingerprint density at radius 3 is 3.00 bits per heavy atom. The number of aromatic nitrogens is 1. The van der Waals surface area contributed by atoms with Crippen LogP contribution >= 0.6 is 0 Å². The normalized spacial score (nSPS) is 24.0. The van der Waals surface area contributed by atoms with E-state index in [1.165, 1.54) is 32.4 Å². The Labute approximate surface area is 113 Å². The second-order valence-electron chi connectivity index (χ2n) is 5.42. The van der Waals surface area contributed by atoms with Crippen molar-refractivity contribution in [2.75, 3.05) is 31.1 Å². The molecule has 3 rings (SSSR count). The topological polar surface area (TPSA) is 69.2 Å². The monoisotopic (exact) mass is 259 g/mol. The van der Waals surface area contributed by atoms with Gasteiger partial charge in [-0.3, -0.25) is 15.3 Å². The zero-order chi connectivity index (χ0) is 13.2. The number of hydrogen-bond donors (Lipinski definition) is 2. The SMILES string of the molecule is N=C(N)c1ncccc1N1CCCN2CCCC2C1. The van der Waals surface area contributed by atoms with E-state index in [1.54, 1.807) is 6.20 Å². The minimum Gasteiger partial charge on any atom is -0.382 e. The van der Waals surface area contributed by atoms with Gasteiger partial charge in [0.25, 0.3) is 0 Å². The molecule has 3 N–H and O–H groups in total. The van der Waals surface area contributed by atoms with Crippen LogP contribution in [0, 0.1) is 5.41 Å². The first kappa shape index (κ1) is 12.4. The predicted octanol–water partition coefficient (Wildman–Crippen LogP) is 1.04. The van der Waals surface area contributed by atoms with Crippen LogP contribution in [0.3, 0.4) is 0 Å². The van der Waals surface area contributed by atoms with Crippen molar-refractivity contribution in [1.29, 1.82) is 5.41 Å². The van der Waals surface area contributed by atoms with Gasteiger partial charge in [0.05, 0.1) is 5.69 Å². The summed E-state index contributed by atoms with van der Waals surface area (Å²) in [5.41, 5.74) is 7.29. The average molecular weight is 259 g/mol. The van der Waals surface area contributed by atoms with Crippen molar-refractivity contribution in [1.82, 2.24) is 9.88 Å². The molecular weight excluding hydrogens is 238 g/mol. The van der Waals surface area contributed by atoms with Gasteiger partial charge in [0.15, 0.2) is 0 Å². The van der Waals surface area contributed by atoms with Crippen molar-refractivity contribution < 1.29 is 0 Å². The van der Waals surface area contributed by atoms with Crippen molar-refractivity contribution in [3.05, 3.63) is 24.0 Å². The fourth-order valence-electron chi connectivity index (χ4n) is 3.28. The smallest absolute Gasteiger partial charge is 0.143 e. The molecule has 0 amide bonds. The molecule has 0 aromatic carbocycles. The van der Waals surface area contributed by atoms with Gasteiger partial charge in [0.1, 0.15) is 11.5 Å². The van der Waals surface area contributed by atoms with E-state index >= 15 is 0 Å². The van der Waals surface area contributed by atoms with Crippen LogP contribution in [0.1, 0.15) is 25.0 Å². The number of nitrogens with two attached hydrogens (primary N) is 1. The molecule has 0 radical (unpaired) electrons. The van der Waals surface area contributed by atoms with Crippen LogP contribution in [-0.4, -0.2) is 47.9 Å². The van der Waals surface area contributed by atoms with E-state index in [2.05, 4.69) is 14.8 Å². The standard InChI is InChI=1S/C14H21N5/c15-14(16)13-12(5-1-6-17-13)19-9-3-8-18-7-2-4-11(18)10-19/h1,5-6,11H,2-4,7-10H2,(H3,15,16). The highest BCUT2D eigenvalue weighted by Gasteiger charge is 2.29. The lowest BCUT2D eigenvalue weighted by Crippen LogP contribution is -2.37. The summed E-state index contributed by atoms with van der Waals surface area (Å²) in [6.45, 7) is 4.49. The first-order chi connectivity index (χ1) is 9.25. The minimum absolute atomic E-state index is 0.0584. The molecule has 1 aromatic rings. The number of nitrogens with zero attached hydrogens (tertiary/aromatic N) is 3. The van der Waals surface area contributed by atoms with E-state index < -0.39 is 0 Å². The molecule has 2 aliphatic rings. The Hall–Kier alpha value is -1.62. The fraction of sp³-hybridized carbons (Fsp3) is 0.571. The zero-order valence-corrected chi connectivity index (χ0v) is 11.2. The van der Waals surface area contributed by atoms with Gasteiger partial charge < -0.3 is 10.6 Å². The van der Waals surface area contributed by atoms with Crippen molar-refractivity contribution >= 4 is 11.5 Å². The number of rotatable bonds is 2. The number of nitrogen functional groups attached to an aromatic ring is 1. The highest BCUT2D eigenvalue weighted by molar-refractivity contribution is 5.98. The van der Waals surface area contributed by atoms with Crippen LogP contribution in [0.25, 0.3) is 0 Å². The lowest BCUT2D eigenvalue weighted by Gasteiger charge is -2.28. The van der Waals surface area contributed by atoms with Gasteiger partial charge >= 0.3 is 0 Å². The summed E-state index contributed by atoms with van der Waals surface area (Å²) in [6.07, 6.45) is 5.47. The van der Waals surface area contributed by atoms with E-state index in [0.717, 1.165) is 18.8 Å². The van der Waals surface area contributed by atoms with Crippen molar-refractivity contribution in [3.63, 3.8) is 0 Å². The molecule has 0 spiro atoms. The fourth-order valence-corrected chi connectivity index (χ4v) is 3.28. The lowest BCUT2D eigenvalue weighted by molar-refractivity contribution is 0.273. The number of pyridine rings is 1. The number of nitrogens with one attached hydrogen (secondary N) is 1. The van der Waals surface area contributed by atoms with Crippen LogP contribution in [0.4, 0.5) is 5.69 Å². The number of amidine groups is 1. The van der Waals surface area contributed by atoms with Crippen LogP contribution in [0.5, 0.6) is 0 Å². The lowest BCUT2D eigenvalue weighted by atomic mass is 10.2. The maximum atomic E-state index is 7.67. The van der Waals surface area contributed by atoms with Crippen LogP contribution in [0.2, 0.25) is 0 Å². The molecule has 1 unspecified atom stereocenters. The van der Waals surface area contributed by atoms with E-state index in [0.29, 0.717) is 11.7 Å². The van der Waals surface area contributed by atoms with Gasteiger partial charge in [0, 0.05) is 31.9 Å². The first-order valence-corrected chi connectivity index (χ1v) is 7.04. The Balaban J connectivity index is 1.87. The molecule has 2 saturated heterocycles. The molecule has 102 valence electrons. The molecule has 1 atom stereocenters. The Bertz CT molecular complexity index is 473. The molecule has 2 fully saturated rings. The zero-order valence-electron chi connectivity index (χ0n) is 11.2. The minimum atomic E-state index is 0.0584. The molecule has 19 heavy (non-hydrogen) atoms. The summed E-state index contributed by atoms with van der Waals surface area (Å²) >= 11 is 0. The van der Waals surface area contributed by atoms with Gasteiger partial charge in [-0.1, -0.05) is 0 Å².